The van der Waals surface area contributed by atoms with Crippen molar-refractivity contribution >= 4 is 21.7 Å². The van der Waals surface area contributed by atoms with Gasteiger partial charge in [0, 0.05) is 21.9 Å². The van der Waals surface area contributed by atoms with Crippen molar-refractivity contribution in [2.24, 2.45) is 0 Å². The Morgan fingerprint density at radius 2 is 1.55 bits per heavy atom. The Kier molecular flexibility index (Phi) is 3.98. The van der Waals surface area contributed by atoms with Gasteiger partial charge in [0.05, 0.1) is 0 Å². The Bertz CT molecular complexity index is 741. The molecule has 0 saturated heterocycles. The van der Waals surface area contributed by atoms with Crippen LogP contribution in [0.3, 0.4) is 0 Å². The largest absolute Gasteiger partial charge is 0.294 e. The molecule has 0 fully saturated rings. The number of hydrogen-bond donors (Lipinski definition) is 0. The maximum Gasteiger partial charge on any atom is 0.162 e. The lowest BCUT2D eigenvalue weighted by Crippen LogP contribution is -2.23. The maximum atomic E-state index is 12.1. The highest BCUT2D eigenvalue weighted by Crippen LogP contribution is 2.53. The molecule has 0 spiro atoms. The number of fused-ring (bicyclic) bond motifs is 3. The minimum absolute atomic E-state index is 0.0263. The van der Waals surface area contributed by atoms with Gasteiger partial charge in [-0.05, 0) is 53.3 Å². The van der Waals surface area contributed by atoms with Crippen molar-refractivity contribution in [1.82, 2.24) is 0 Å². The molecular formula is C20H21BrO. The Balaban J connectivity index is 2.29. The third-order valence-corrected chi connectivity index (χ3v) is 5.67. The summed E-state index contributed by atoms with van der Waals surface area (Å²) in [6.45, 7) is 6.42. The van der Waals surface area contributed by atoms with Gasteiger partial charge in [0.2, 0.25) is 0 Å². The normalized spacial score (nSPS) is 14.5. The third kappa shape index (κ3) is 2.08. The van der Waals surface area contributed by atoms with Crippen molar-refractivity contribution in [2.75, 3.05) is 0 Å². The summed E-state index contributed by atoms with van der Waals surface area (Å²) in [7, 11) is 0. The lowest BCUT2D eigenvalue weighted by atomic mass is 9.73. The fourth-order valence-electron chi connectivity index (χ4n) is 3.86. The summed E-state index contributed by atoms with van der Waals surface area (Å²) < 4.78 is 1.12. The van der Waals surface area contributed by atoms with E-state index in [2.05, 4.69) is 60.1 Å². The summed E-state index contributed by atoms with van der Waals surface area (Å²) in [5.74, 6) is 0.223. The van der Waals surface area contributed by atoms with Gasteiger partial charge in [-0.15, -0.1) is 0 Å². The number of carbonyl (C=O) groups is 1. The fourth-order valence-corrected chi connectivity index (χ4v) is 4.22. The molecule has 1 aliphatic carbocycles. The summed E-state index contributed by atoms with van der Waals surface area (Å²) in [4.78, 5) is 12.1. The van der Waals surface area contributed by atoms with Crippen LogP contribution in [0.1, 0.15) is 61.5 Å². The molecular weight excluding hydrogens is 336 g/mol. The molecule has 0 amide bonds. The van der Waals surface area contributed by atoms with Crippen LogP contribution in [0.5, 0.6) is 0 Å². The van der Waals surface area contributed by atoms with E-state index < -0.39 is 0 Å². The summed E-state index contributed by atoms with van der Waals surface area (Å²) in [5, 5.41) is 0. The Morgan fingerprint density at radius 1 is 0.955 bits per heavy atom. The van der Waals surface area contributed by atoms with E-state index >= 15 is 0 Å². The van der Waals surface area contributed by atoms with Crippen molar-refractivity contribution in [2.45, 2.75) is 45.4 Å². The van der Waals surface area contributed by atoms with Crippen LogP contribution >= 0.6 is 15.9 Å². The Hall–Kier alpha value is -1.41. The zero-order valence-corrected chi connectivity index (χ0v) is 15.0. The van der Waals surface area contributed by atoms with E-state index in [9.17, 15) is 4.79 Å². The predicted molar refractivity (Wildman–Crippen MR) is 95.6 cm³/mol. The molecule has 2 aromatic rings. The lowest BCUT2D eigenvalue weighted by molar-refractivity contribution is 0.0988. The number of carbonyl (C=O) groups excluding carboxylic acids is 1. The second-order valence-corrected chi connectivity index (χ2v) is 6.93. The van der Waals surface area contributed by atoms with Crippen molar-refractivity contribution in [3.05, 3.63) is 57.6 Å². The van der Waals surface area contributed by atoms with E-state index in [0.29, 0.717) is 6.42 Å². The average Bonchev–Trinajstić information content (AvgIpc) is 2.82. The van der Waals surface area contributed by atoms with E-state index in [1.807, 2.05) is 13.0 Å². The van der Waals surface area contributed by atoms with Crippen LogP contribution in [-0.4, -0.2) is 5.78 Å². The molecule has 0 radical (unpaired) electrons. The van der Waals surface area contributed by atoms with E-state index in [0.717, 1.165) is 22.9 Å². The van der Waals surface area contributed by atoms with Crippen molar-refractivity contribution < 1.29 is 4.79 Å². The van der Waals surface area contributed by atoms with Gasteiger partial charge in [-0.2, -0.15) is 0 Å². The monoisotopic (exact) mass is 356 g/mol. The van der Waals surface area contributed by atoms with E-state index in [4.69, 9.17) is 0 Å². The van der Waals surface area contributed by atoms with Crippen LogP contribution in [0.15, 0.2) is 40.9 Å². The van der Waals surface area contributed by atoms with Gasteiger partial charge in [-0.3, -0.25) is 4.79 Å². The van der Waals surface area contributed by atoms with Crippen LogP contribution in [0, 0.1) is 0 Å². The minimum Gasteiger partial charge on any atom is -0.294 e. The van der Waals surface area contributed by atoms with Crippen LogP contribution in [0.25, 0.3) is 11.1 Å². The fraction of sp³-hybridized carbons (Fsp3) is 0.350. The smallest absolute Gasteiger partial charge is 0.162 e. The van der Waals surface area contributed by atoms with Crippen LogP contribution < -0.4 is 0 Å². The highest BCUT2D eigenvalue weighted by atomic mass is 79.9. The zero-order chi connectivity index (χ0) is 15.9. The summed E-state index contributed by atoms with van der Waals surface area (Å²) in [6, 6.07) is 12.8. The predicted octanol–water partition coefficient (Wildman–Crippen LogP) is 6.13. The molecule has 0 unspecified atom stereocenters. The number of Topliss-reactive ketones (excluding diaryl/α,β-unsaturated/α-hetero) is 1. The van der Waals surface area contributed by atoms with Gasteiger partial charge in [0.15, 0.2) is 5.78 Å². The van der Waals surface area contributed by atoms with E-state index in [1.165, 1.54) is 22.3 Å². The van der Waals surface area contributed by atoms with Crippen molar-refractivity contribution in [3.63, 3.8) is 0 Å². The highest BCUT2D eigenvalue weighted by Gasteiger charge is 2.40. The van der Waals surface area contributed by atoms with Gasteiger partial charge < -0.3 is 0 Å². The van der Waals surface area contributed by atoms with Crippen molar-refractivity contribution in [3.8, 4) is 11.1 Å². The molecule has 0 bridgehead atoms. The molecule has 114 valence electrons. The number of hydrogen-bond acceptors (Lipinski definition) is 1. The van der Waals surface area contributed by atoms with Crippen LogP contribution in [0.2, 0.25) is 0 Å². The Labute approximate surface area is 140 Å². The number of ketones is 1. The summed E-state index contributed by atoms with van der Waals surface area (Å²) in [6.07, 6.45) is 2.65. The van der Waals surface area contributed by atoms with Gasteiger partial charge >= 0.3 is 0 Å². The molecule has 0 aromatic heterocycles. The first-order chi connectivity index (χ1) is 10.6. The maximum absolute atomic E-state index is 12.1. The molecule has 3 rings (SSSR count). The number of halogens is 1. The molecule has 2 heteroatoms. The second kappa shape index (κ2) is 5.66. The van der Waals surface area contributed by atoms with Gasteiger partial charge in [-0.25, -0.2) is 0 Å². The number of benzene rings is 2. The molecule has 1 aliphatic rings. The summed E-state index contributed by atoms with van der Waals surface area (Å²) >= 11 is 3.61. The lowest BCUT2D eigenvalue weighted by Gasteiger charge is -2.30. The highest BCUT2D eigenvalue weighted by molar-refractivity contribution is 9.10. The third-order valence-electron chi connectivity index (χ3n) is 5.17. The molecule has 0 heterocycles. The van der Waals surface area contributed by atoms with Crippen molar-refractivity contribution in [1.29, 1.82) is 0 Å². The number of rotatable bonds is 4. The first kappa shape index (κ1) is 15.5. The molecule has 1 nitrogen and oxygen atoms in total. The molecule has 0 saturated carbocycles. The summed E-state index contributed by atoms with van der Waals surface area (Å²) in [5.41, 5.74) is 6.20. The van der Waals surface area contributed by atoms with Gasteiger partial charge in [-0.1, -0.05) is 54.9 Å². The topological polar surface area (TPSA) is 17.1 Å². The molecule has 2 aromatic carbocycles. The first-order valence-corrected chi connectivity index (χ1v) is 8.84. The van der Waals surface area contributed by atoms with Crippen LogP contribution in [-0.2, 0) is 5.41 Å². The van der Waals surface area contributed by atoms with Gasteiger partial charge in [0.25, 0.3) is 0 Å². The standard InChI is InChI=1S/C20H21BrO/c1-4-19(22)13-7-9-15-16-10-8-14(21)12-18(16)20(5-2,6-3)17(15)11-13/h7-12H,4-6H2,1-3H3. The molecule has 0 atom stereocenters. The van der Waals surface area contributed by atoms with Crippen LogP contribution in [0.4, 0.5) is 0 Å². The average molecular weight is 357 g/mol. The Morgan fingerprint density at radius 3 is 2.14 bits per heavy atom. The zero-order valence-electron chi connectivity index (χ0n) is 13.4. The van der Waals surface area contributed by atoms with E-state index in [1.54, 1.807) is 0 Å². The minimum atomic E-state index is 0.0263. The first-order valence-electron chi connectivity index (χ1n) is 8.05. The van der Waals surface area contributed by atoms with Gasteiger partial charge in [0.1, 0.15) is 0 Å². The quantitative estimate of drug-likeness (QED) is 0.602. The molecule has 22 heavy (non-hydrogen) atoms. The molecule has 0 aliphatic heterocycles. The van der Waals surface area contributed by atoms with E-state index in [-0.39, 0.29) is 11.2 Å². The molecule has 0 N–H and O–H groups in total. The SMILES string of the molecule is CCC(=O)c1ccc2c(c1)C(CC)(CC)c1cc(Br)ccc1-2. The second-order valence-electron chi connectivity index (χ2n) is 6.02.